The van der Waals surface area contributed by atoms with Crippen LogP contribution in [0.1, 0.15) is 60.9 Å². The SMILES string of the molecule is N=C(N)c1ccc(-c2ccc(C(=O)N3CCC(CC(=O)OC4CC5CCC4C5)CC3)cc2)cc1. The summed E-state index contributed by atoms with van der Waals surface area (Å²) in [5, 5.41) is 7.50. The van der Waals surface area contributed by atoms with Crippen molar-refractivity contribution in [1.29, 1.82) is 5.41 Å². The second kappa shape index (κ2) is 9.61. The predicted octanol–water partition coefficient (Wildman–Crippen LogP) is 4.61. The number of benzene rings is 2. The van der Waals surface area contributed by atoms with Crippen molar-refractivity contribution in [2.24, 2.45) is 23.5 Å². The van der Waals surface area contributed by atoms with Crippen molar-refractivity contribution < 1.29 is 14.3 Å². The number of hydrogen-bond donors (Lipinski definition) is 2. The first-order valence-electron chi connectivity index (χ1n) is 12.5. The van der Waals surface area contributed by atoms with E-state index in [-0.39, 0.29) is 23.8 Å². The number of nitrogen functional groups attached to an aromatic ring is 1. The number of likely N-dealkylation sites (tertiary alicyclic amines) is 1. The summed E-state index contributed by atoms with van der Waals surface area (Å²) in [6, 6.07) is 15.2. The van der Waals surface area contributed by atoms with Crippen molar-refractivity contribution in [2.45, 2.75) is 51.0 Å². The van der Waals surface area contributed by atoms with Crippen LogP contribution in [0.25, 0.3) is 11.1 Å². The van der Waals surface area contributed by atoms with Gasteiger partial charge in [-0.1, -0.05) is 36.4 Å². The minimum atomic E-state index is -0.0470. The number of nitrogens with zero attached hydrogens (tertiary/aromatic N) is 1. The molecule has 0 radical (unpaired) electrons. The number of nitrogens with two attached hydrogens (primary N) is 1. The van der Waals surface area contributed by atoms with Gasteiger partial charge >= 0.3 is 5.97 Å². The van der Waals surface area contributed by atoms with Gasteiger partial charge in [0, 0.05) is 30.6 Å². The van der Waals surface area contributed by atoms with Gasteiger partial charge in [0.1, 0.15) is 11.9 Å². The van der Waals surface area contributed by atoms with E-state index < -0.39 is 0 Å². The Morgan fingerprint density at radius 3 is 2.03 bits per heavy atom. The molecule has 6 heteroatoms. The molecular formula is C28H33N3O3. The summed E-state index contributed by atoms with van der Waals surface area (Å²) in [4.78, 5) is 27.4. The van der Waals surface area contributed by atoms with Crippen LogP contribution in [0.2, 0.25) is 0 Å². The molecule has 2 saturated carbocycles. The highest BCUT2D eigenvalue weighted by molar-refractivity contribution is 5.96. The minimum Gasteiger partial charge on any atom is -0.462 e. The smallest absolute Gasteiger partial charge is 0.306 e. The Kier molecular flexibility index (Phi) is 6.40. The zero-order chi connectivity index (χ0) is 23.7. The lowest BCUT2D eigenvalue weighted by Gasteiger charge is -2.32. The zero-order valence-electron chi connectivity index (χ0n) is 19.5. The first-order valence-corrected chi connectivity index (χ1v) is 12.5. The normalized spacial score (nSPS) is 24.2. The van der Waals surface area contributed by atoms with Crippen molar-refractivity contribution in [3.63, 3.8) is 0 Å². The van der Waals surface area contributed by atoms with Gasteiger partial charge in [0.15, 0.2) is 0 Å². The molecule has 3 unspecified atom stereocenters. The Labute approximate surface area is 201 Å². The summed E-state index contributed by atoms with van der Waals surface area (Å²) >= 11 is 0. The molecule has 5 rings (SSSR count). The van der Waals surface area contributed by atoms with E-state index >= 15 is 0 Å². The third kappa shape index (κ3) is 4.86. The van der Waals surface area contributed by atoms with Crippen LogP contribution in [0.15, 0.2) is 48.5 Å². The molecule has 2 aromatic carbocycles. The summed E-state index contributed by atoms with van der Waals surface area (Å²) in [5.41, 5.74) is 8.92. The van der Waals surface area contributed by atoms with Crippen molar-refractivity contribution in [1.82, 2.24) is 4.90 Å². The number of piperidine rings is 1. The summed E-state index contributed by atoms with van der Waals surface area (Å²) in [7, 11) is 0. The lowest BCUT2D eigenvalue weighted by atomic mass is 9.93. The van der Waals surface area contributed by atoms with Gasteiger partial charge in [-0.25, -0.2) is 0 Å². The minimum absolute atomic E-state index is 0.0430. The average Bonchev–Trinajstić information content (AvgIpc) is 3.48. The molecule has 2 aliphatic carbocycles. The molecule has 1 saturated heterocycles. The van der Waals surface area contributed by atoms with Gasteiger partial charge in [-0.15, -0.1) is 0 Å². The van der Waals surface area contributed by atoms with Crippen molar-refractivity contribution in [3.8, 4) is 11.1 Å². The molecule has 1 heterocycles. The van der Waals surface area contributed by atoms with Gasteiger partial charge in [0.2, 0.25) is 0 Å². The van der Waals surface area contributed by atoms with Crippen LogP contribution in [-0.2, 0) is 9.53 Å². The molecule has 3 N–H and O–H groups in total. The summed E-state index contributed by atoms with van der Waals surface area (Å²) in [6.07, 6.45) is 7.15. The van der Waals surface area contributed by atoms with Crippen LogP contribution < -0.4 is 5.73 Å². The molecule has 3 fully saturated rings. The quantitative estimate of drug-likeness (QED) is 0.374. The van der Waals surface area contributed by atoms with Crippen LogP contribution in [0, 0.1) is 23.2 Å². The van der Waals surface area contributed by atoms with Gasteiger partial charge in [-0.05, 0) is 79.5 Å². The van der Waals surface area contributed by atoms with E-state index in [0.29, 0.717) is 42.5 Å². The van der Waals surface area contributed by atoms with Crippen LogP contribution >= 0.6 is 0 Å². The zero-order valence-corrected chi connectivity index (χ0v) is 19.5. The van der Waals surface area contributed by atoms with E-state index in [2.05, 4.69) is 0 Å². The summed E-state index contributed by atoms with van der Waals surface area (Å²) < 4.78 is 5.82. The molecule has 2 aromatic rings. The summed E-state index contributed by atoms with van der Waals surface area (Å²) in [6.45, 7) is 1.36. The Bertz CT molecular complexity index is 1060. The highest BCUT2D eigenvalue weighted by atomic mass is 16.5. The van der Waals surface area contributed by atoms with E-state index in [1.807, 2.05) is 53.4 Å². The number of ether oxygens (including phenoxy) is 1. The number of hydrogen-bond acceptors (Lipinski definition) is 4. The van der Waals surface area contributed by atoms with E-state index in [9.17, 15) is 9.59 Å². The topological polar surface area (TPSA) is 96.5 Å². The predicted molar refractivity (Wildman–Crippen MR) is 131 cm³/mol. The molecule has 6 nitrogen and oxygen atoms in total. The maximum atomic E-state index is 13.0. The maximum Gasteiger partial charge on any atom is 0.306 e. The fraction of sp³-hybridized carbons (Fsp3) is 0.464. The number of carbonyl (C=O) groups is 2. The number of carbonyl (C=O) groups excluding carboxylic acids is 2. The van der Waals surface area contributed by atoms with Gasteiger partial charge in [0.25, 0.3) is 5.91 Å². The Hall–Kier alpha value is -3.15. The van der Waals surface area contributed by atoms with Gasteiger partial charge in [-0.2, -0.15) is 0 Å². The first-order chi connectivity index (χ1) is 16.5. The number of fused-ring (bicyclic) bond motifs is 2. The molecule has 34 heavy (non-hydrogen) atoms. The molecular weight excluding hydrogens is 426 g/mol. The largest absolute Gasteiger partial charge is 0.462 e. The lowest BCUT2D eigenvalue weighted by molar-refractivity contribution is -0.153. The number of nitrogens with one attached hydrogen (secondary N) is 1. The number of esters is 1. The third-order valence-electron chi connectivity index (χ3n) is 7.97. The van der Waals surface area contributed by atoms with Crippen LogP contribution in [-0.4, -0.2) is 41.8 Å². The molecule has 3 aliphatic rings. The molecule has 0 spiro atoms. The lowest BCUT2D eigenvalue weighted by Crippen LogP contribution is -2.39. The molecule has 178 valence electrons. The molecule has 3 atom stereocenters. The number of rotatable bonds is 6. The molecule has 2 bridgehead atoms. The van der Waals surface area contributed by atoms with Crippen LogP contribution in [0.3, 0.4) is 0 Å². The van der Waals surface area contributed by atoms with Crippen LogP contribution in [0.5, 0.6) is 0 Å². The van der Waals surface area contributed by atoms with Crippen molar-refractivity contribution in [2.75, 3.05) is 13.1 Å². The standard InChI is InChI=1S/C28H33N3O3/c29-27(30)22-7-3-20(4-8-22)21-5-9-23(10-6-21)28(33)31-13-11-18(12-14-31)17-26(32)34-25-16-19-1-2-24(25)15-19/h3-10,18-19,24-25H,1-2,11-17H2,(H3,29,30). The Morgan fingerprint density at radius 1 is 0.882 bits per heavy atom. The van der Waals surface area contributed by atoms with Gasteiger partial charge in [-0.3, -0.25) is 15.0 Å². The summed E-state index contributed by atoms with van der Waals surface area (Å²) in [5.74, 6) is 1.72. The van der Waals surface area contributed by atoms with Gasteiger partial charge in [0.05, 0.1) is 0 Å². The van der Waals surface area contributed by atoms with E-state index in [1.54, 1.807) is 0 Å². The van der Waals surface area contributed by atoms with E-state index in [4.69, 9.17) is 15.9 Å². The second-order valence-corrected chi connectivity index (χ2v) is 10.2. The van der Waals surface area contributed by atoms with Crippen molar-refractivity contribution in [3.05, 3.63) is 59.7 Å². The monoisotopic (exact) mass is 459 g/mol. The highest BCUT2D eigenvalue weighted by Crippen LogP contribution is 2.46. The Balaban J connectivity index is 1.10. The van der Waals surface area contributed by atoms with Crippen molar-refractivity contribution >= 4 is 17.7 Å². The molecule has 1 aliphatic heterocycles. The van der Waals surface area contributed by atoms with E-state index in [1.165, 1.54) is 19.3 Å². The number of amides is 1. The second-order valence-electron chi connectivity index (χ2n) is 10.2. The van der Waals surface area contributed by atoms with E-state index in [0.717, 1.165) is 36.3 Å². The molecule has 1 amide bonds. The fourth-order valence-electron chi connectivity index (χ4n) is 5.95. The molecule has 0 aromatic heterocycles. The average molecular weight is 460 g/mol. The third-order valence-corrected chi connectivity index (χ3v) is 7.97. The maximum absolute atomic E-state index is 13.0. The fourth-order valence-corrected chi connectivity index (χ4v) is 5.95. The Morgan fingerprint density at radius 2 is 1.50 bits per heavy atom. The highest BCUT2D eigenvalue weighted by Gasteiger charge is 2.41. The number of amidine groups is 1. The van der Waals surface area contributed by atoms with Crippen LogP contribution in [0.4, 0.5) is 0 Å². The first kappa shape index (κ1) is 22.6. The van der Waals surface area contributed by atoms with Gasteiger partial charge < -0.3 is 15.4 Å².